The molecule has 0 aliphatic rings. The standard InChI is InChI=1S/C21H21N7O3S/c1-12(2)18(19-23-14-6-4-5-7-15(14)24-19)25-20(29)13-8-9-17(16(10-13)28(30)31)32-21-26-22-11-27(21)3/h4-12,18H,1-3H3,(H,23,24)(H,25,29). The molecule has 0 aliphatic carbocycles. The Kier molecular flexibility index (Phi) is 5.91. The van der Waals surface area contributed by atoms with Gasteiger partial charge in [0.25, 0.3) is 11.6 Å². The highest BCUT2D eigenvalue weighted by Gasteiger charge is 2.25. The number of para-hydroxylation sites is 2. The monoisotopic (exact) mass is 451 g/mol. The first kappa shape index (κ1) is 21.5. The van der Waals surface area contributed by atoms with Gasteiger partial charge in [0.2, 0.25) is 0 Å². The molecule has 2 aromatic carbocycles. The average Bonchev–Trinajstić information content (AvgIpc) is 3.37. The number of hydrogen-bond donors (Lipinski definition) is 2. The van der Waals surface area contributed by atoms with Gasteiger partial charge >= 0.3 is 0 Å². The highest BCUT2D eigenvalue weighted by atomic mass is 32.2. The Morgan fingerprint density at radius 2 is 2.03 bits per heavy atom. The molecule has 2 aromatic heterocycles. The zero-order valence-corrected chi connectivity index (χ0v) is 18.5. The molecule has 0 fully saturated rings. The van der Waals surface area contributed by atoms with Gasteiger partial charge in [-0.3, -0.25) is 14.9 Å². The van der Waals surface area contributed by atoms with Crippen LogP contribution in [-0.4, -0.2) is 35.6 Å². The summed E-state index contributed by atoms with van der Waals surface area (Å²) in [6.07, 6.45) is 1.51. The van der Waals surface area contributed by atoms with E-state index in [1.165, 1.54) is 12.4 Å². The van der Waals surface area contributed by atoms with E-state index in [1.54, 1.807) is 23.7 Å². The molecule has 1 amide bonds. The first-order chi connectivity index (χ1) is 15.3. The summed E-state index contributed by atoms with van der Waals surface area (Å²) < 4.78 is 1.66. The van der Waals surface area contributed by atoms with Crippen LogP contribution >= 0.6 is 11.8 Å². The van der Waals surface area contributed by atoms with Crippen molar-refractivity contribution in [3.63, 3.8) is 0 Å². The minimum absolute atomic E-state index is 0.0419. The summed E-state index contributed by atoms with van der Waals surface area (Å²) in [4.78, 5) is 32.4. The number of imidazole rings is 1. The van der Waals surface area contributed by atoms with E-state index >= 15 is 0 Å². The number of hydrogen-bond acceptors (Lipinski definition) is 7. The van der Waals surface area contributed by atoms with Gasteiger partial charge in [-0.1, -0.05) is 26.0 Å². The second-order valence-corrected chi connectivity index (χ2v) is 8.61. The Hall–Kier alpha value is -3.73. The number of nitrogens with one attached hydrogen (secondary N) is 2. The molecule has 1 atom stereocenters. The fourth-order valence-electron chi connectivity index (χ4n) is 3.25. The molecule has 10 nitrogen and oxygen atoms in total. The topological polar surface area (TPSA) is 132 Å². The average molecular weight is 452 g/mol. The first-order valence-corrected chi connectivity index (χ1v) is 10.7. The molecule has 4 aromatic rings. The van der Waals surface area contributed by atoms with E-state index in [1.807, 2.05) is 38.1 Å². The van der Waals surface area contributed by atoms with Crippen LogP contribution in [-0.2, 0) is 7.05 Å². The van der Waals surface area contributed by atoms with Gasteiger partial charge in [0.05, 0.1) is 26.9 Å². The number of amides is 1. The predicted octanol–water partition coefficient (Wildman–Crippen LogP) is 3.88. The SMILES string of the molecule is CC(C)C(NC(=O)c1ccc(Sc2nncn2C)c([N+](=O)[O-])c1)c1nc2ccccc2[nH]1. The van der Waals surface area contributed by atoms with Crippen molar-refractivity contribution in [1.29, 1.82) is 0 Å². The summed E-state index contributed by atoms with van der Waals surface area (Å²) in [5, 5.41) is 22.9. The minimum atomic E-state index is -0.505. The van der Waals surface area contributed by atoms with Crippen LogP contribution in [0, 0.1) is 16.0 Å². The van der Waals surface area contributed by atoms with Crippen molar-refractivity contribution >= 4 is 34.4 Å². The number of carbonyl (C=O) groups is 1. The molecule has 0 radical (unpaired) electrons. The molecular weight excluding hydrogens is 430 g/mol. The van der Waals surface area contributed by atoms with Gasteiger partial charge in [-0.05, 0) is 41.9 Å². The number of nitro groups is 1. The number of aryl methyl sites for hydroxylation is 1. The zero-order chi connectivity index (χ0) is 22.8. The highest BCUT2D eigenvalue weighted by molar-refractivity contribution is 7.99. The summed E-state index contributed by atoms with van der Waals surface area (Å²) >= 11 is 1.12. The van der Waals surface area contributed by atoms with Gasteiger partial charge in [-0.2, -0.15) is 0 Å². The maximum atomic E-state index is 13.0. The summed E-state index contributed by atoms with van der Waals surface area (Å²) in [5.41, 5.74) is 1.71. The van der Waals surface area contributed by atoms with E-state index in [2.05, 4.69) is 25.5 Å². The highest BCUT2D eigenvalue weighted by Crippen LogP contribution is 2.34. The molecule has 0 spiro atoms. The smallest absolute Gasteiger partial charge is 0.284 e. The molecule has 0 aliphatic heterocycles. The lowest BCUT2D eigenvalue weighted by atomic mass is 10.0. The number of nitro benzene ring substituents is 1. The number of aromatic amines is 1. The third-order valence-corrected chi connectivity index (χ3v) is 6.06. The van der Waals surface area contributed by atoms with Gasteiger partial charge in [0.1, 0.15) is 12.2 Å². The zero-order valence-electron chi connectivity index (χ0n) is 17.6. The lowest BCUT2D eigenvalue weighted by molar-refractivity contribution is -0.387. The Morgan fingerprint density at radius 3 is 2.69 bits per heavy atom. The van der Waals surface area contributed by atoms with Crippen LogP contribution in [0.5, 0.6) is 0 Å². The van der Waals surface area contributed by atoms with Gasteiger partial charge in [-0.15, -0.1) is 10.2 Å². The molecule has 164 valence electrons. The van der Waals surface area contributed by atoms with Gasteiger partial charge in [0, 0.05) is 18.7 Å². The Labute approximate surface area is 187 Å². The molecule has 1 unspecified atom stereocenters. The van der Waals surface area contributed by atoms with Crippen molar-refractivity contribution in [2.45, 2.75) is 29.9 Å². The molecule has 0 saturated heterocycles. The fraction of sp³-hybridized carbons (Fsp3) is 0.238. The summed E-state index contributed by atoms with van der Waals surface area (Å²) in [7, 11) is 1.75. The summed E-state index contributed by atoms with van der Waals surface area (Å²) in [5.74, 6) is 0.265. The van der Waals surface area contributed by atoms with Crippen molar-refractivity contribution in [3.8, 4) is 0 Å². The molecule has 4 rings (SSSR count). The molecule has 32 heavy (non-hydrogen) atoms. The number of nitrogens with zero attached hydrogens (tertiary/aromatic N) is 5. The molecule has 2 N–H and O–H groups in total. The lowest BCUT2D eigenvalue weighted by Crippen LogP contribution is -2.32. The predicted molar refractivity (Wildman–Crippen MR) is 119 cm³/mol. The largest absolute Gasteiger partial charge is 0.342 e. The van der Waals surface area contributed by atoms with E-state index in [-0.39, 0.29) is 23.2 Å². The fourth-order valence-corrected chi connectivity index (χ4v) is 4.10. The molecule has 11 heteroatoms. The number of aromatic nitrogens is 5. The van der Waals surface area contributed by atoms with Crippen molar-refractivity contribution in [2.24, 2.45) is 13.0 Å². The quantitative estimate of drug-likeness (QED) is 0.322. The molecule has 2 heterocycles. The Balaban J connectivity index is 1.60. The van der Waals surface area contributed by atoms with E-state index in [0.29, 0.717) is 15.9 Å². The lowest BCUT2D eigenvalue weighted by Gasteiger charge is -2.20. The van der Waals surface area contributed by atoms with Crippen LogP contribution in [0.25, 0.3) is 11.0 Å². The van der Waals surface area contributed by atoms with Crippen LogP contribution in [0.1, 0.15) is 36.1 Å². The third-order valence-electron chi connectivity index (χ3n) is 4.94. The van der Waals surface area contributed by atoms with Crippen LogP contribution in [0.3, 0.4) is 0 Å². The molecule has 0 saturated carbocycles. The maximum absolute atomic E-state index is 13.0. The summed E-state index contributed by atoms with van der Waals surface area (Å²) in [6.45, 7) is 3.95. The number of benzene rings is 2. The van der Waals surface area contributed by atoms with Crippen molar-refractivity contribution in [2.75, 3.05) is 0 Å². The number of carbonyl (C=O) groups excluding carboxylic acids is 1. The van der Waals surface area contributed by atoms with E-state index in [0.717, 1.165) is 22.8 Å². The Bertz CT molecular complexity index is 1260. The third kappa shape index (κ3) is 4.33. The second kappa shape index (κ2) is 8.79. The number of fused-ring (bicyclic) bond motifs is 1. The van der Waals surface area contributed by atoms with Crippen LogP contribution in [0.4, 0.5) is 5.69 Å². The minimum Gasteiger partial charge on any atom is -0.342 e. The number of rotatable bonds is 7. The van der Waals surface area contributed by atoms with Crippen molar-refractivity contribution in [1.82, 2.24) is 30.0 Å². The number of H-pyrrole nitrogens is 1. The van der Waals surface area contributed by atoms with E-state index in [9.17, 15) is 14.9 Å². The van der Waals surface area contributed by atoms with Gasteiger partial charge in [-0.25, -0.2) is 4.98 Å². The second-order valence-electron chi connectivity index (χ2n) is 7.60. The molecular formula is C21H21N7O3S. The normalized spacial score (nSPS) is 12.2. The van der Waals surface area contributed by atoms with Gasteiger partial charge in [0.15, 0.2) is 5.16 Å². The van der Waals surface area contributed by atoms with Crippen LogP contribution in [0.15, 0.2) is 58.8 Å². The van der Waals surface area contributed by atoms with E-state index < -0.39 is 10.8 Å². The first-order valence-electron chi connectivity index (χ1n) is 9.89. The molecule has 0 bridgehead atoms. The van der Waals surface area contributed by atoms with Gasteiger partial charge < -0.3 is 14.9 Å². The van der Waals surface area contributed by atoms with Crippen molar-refractivity contribution < 1.29 is 9.72 Å². The van der Waals surface area contributed by atoms with Crippen LogP contribution < -0.4 is 5.32 Å². The van der Waals surface area contributed by atoms with E-state index in [4.69, 9.17) is 0 Å². The Morgan fingerprint density at radius 1 is 1.25 bits per heavy atom. The maximum Gasteiger partial charge on any atom is 0.284 e. The van der Waals surface area contributed by atoms with Crippen LogP contribution in [0.2, 0.25) is 0 Å². The summed E-state index contributed by atoms with van der Waals surface area (Å²) in [6, 6.07) is 11.6. The van der Waals surface area contributed by atoms with Crippen molar-refractivity contribution in [3.05, 3.63) is 70.3 Å².